The standard InChI is InChI=1S/C30H29ClNO3.Na/c31-24-11-3-19(4-12-24)15-16-32-30(33)22-9-13-25(14-10-22)35-29-26(20-5-6-20)18-23-2-1-17-34-28(23)27(29)21-7-8-21;/h2-4,9-14,18,20-21H,1,5-8,15-17H2,(H,32,33);. The Kier molecular flexibility index (Phi) is 7.05. The van der Waals surface area contributed by atoms with E-state index in [0.29, 0.717) is 27.1 Å². The first-order chi connectivity index (χ1) is 17.6. The number of benzene rings is 3. The van der Waals surface area contributed by atoms with E-state index < -0.39 is 0 Å². The Hall–Kier alpha value is -1.98. The molecule has 3 aliphatic rings. The van der Waals surface area contributed by atoms with Gasteiger partial charge in [-0.3, -0.25) is 0 Å². The van der Waals surface area contributed by atoms with Crippen LogP contribution in [0.15, 0.2) is 54.6 Å². The molecule has 1 unspecified atom stereocenters. The molecule has 0 radical (unpaired) electrons. The van der Waals surface area contributed by atoms with Crippen LogP contribution in [0.3, 0.4) is 0 Å². The van der Waals surface area contributed by atoms with E-state index in [2.05, 4.69) is 11.4 Å². The van der Waals surface area contributed by atoms with Gasteiger partial charge in [-0.1, -0.05) is 23.7 Å². The minimum atomic E-state index is -0.0758. The molecule has 1 heterocycles. The molecule has 1 N–H and O–H groups in total. The molecular weight excluding hydrogens is 481 g/mol. The van der Waals surface area contributed by atoms with Crippen LogP contribution in [0.25, 0.3) is 0 Å². The zero-order valence-corrected chi connectivity index (χ0v) is 23.4. The fourth-order valence-corrected chi connectivity index (χ4v) is 5.94. The third kappa shape index (κ3) is 5.33. The fraction of sp³-hybridized carbons (Fsp3) is 0.367. The maximum absolute atomic E-state index is 12.7. The summed E-state index contributed by atoms with van der Waals surface area (Å²) in [6.07, 6.45) is 6.79. The van der Waals surface area contributed by atoms with Gasteiger partial charge < -0.3 is 0 Å². The van der Waals surface area contributed by atoms with E-state index in [1.165, 1.54) is 42.4 Å². The van der Waals surface area contributed by atoms with E-state index in [1.807, 2.05) is 48.5 Å². The van der Waals surface area contributed by atoms with Gasteiger partial charge in [0.15, 0.2) is 0 Å². The van der Waals surface area contributed by atoms with Crippen molar-refractivity contribution >= 4 is 45.4 Å². The summed E-state index contributed by atoms with van der Waals surface area (Å²) in [4.78, 5) is 12.7. The van der Waals surface area contributed by atoms with Crippen LogP contribution < -0.4 is 14.8 Å². The first-order valence-corrected chi connectivity index (χ1v) is 14.7. The van der Waals surface area contributed by atoms with Crippen molar-refractivity contribution in [2.75, 3.05) is 13.2 Å². The number of fused-ring (bicyclic) bond motifs is 1. The Bertz CT molecular complexity index is 1270. The number of hydrogen-bond acceptors (Lipinski definition) is 3. The average Bonchev–Trinajstić information content (AvgIpc) is 3.80. The summed E-state index contributed by atoms with van der Waals surface area (Å²) in [5.41, 5.74) is 5.88. The van der Waals surface area contributed by atoms with Gasteiger partial charge in [-0.2, -0.15) is 0 Å². The van der Waals surface area contributed by atoms with Crippen molar-refractivity contribution in [2.24, 2.45) is 0 Å². The van der Waals surface area contributed by atoms with Crippen molar-refractivity contribution in [3.63, 3.8) is 0 Å². The number of amides is 1. The van der Waals surface area contributed by atoms with Gasteiger partial charge in [-0.05, 0) is 24.1 Å². The first-order valence-electron chi connectivity index (χ1n) is 13.2. The zero-order chi connectivity index (χ0) is 24.6. The van der Waals surface area contributed by atoms with Crippen molar-refractivity contribution in [1.29, 1.82) is 0 Å². The van der Waals surface area contributed by atoms with E-state index in [-0.39, 0.29) is 5.91 Å². The molecule has 180 valence electrons. The van der Waals surface area contributed by atoms with Crippen LogP contribution in [0.2, 0.25) is 5.02 Å². The molecule has 4 nitrogen and oxygen atoms in total. The molecule has 0 aromatic heterocycles. The summed E-state index contributed by atoms with van der Waals surface area (Å²) in [5, 5.41) is 3.73. The number of halogens is 1. The van der Waals surface area contributed by atoms with E-state index in [4.69, 9.17) is 21.1 Å². The second-order valence-electron chi connectivity index (χ2n) is 10.5. The third-order valence-electron chi connectivity index (χ3n) is 7.60. The topological polar surface area (TPSA) is 47.6 Å². The molecule has 1 aliphatic heterocycles. The van der Waals surface area contributed by atoms with Crippen molar-refractivity contribution in [1.82, 2.24) is 5.32 Å². The molecule has 1 atom stereocenters. The molecule has 2 aliphatic carbocycles. The predicted octanol–water partition coefficient (Wildman–Crippen LogP) is 6.85. The molecular formula is C30H29ClNNaO3. The van der Waals surface area contributed by atoms with E-state index in [9.17, 15) is 4.79 Å². The molecule has 6 heteroatoms. The van der Waals surface area contributed by atoms with Crippen molar-refractivity contribution in [3.8, 4) is 17.2 Å². The van der Waals surface area contributed by atoms with Gasteiger partial charge >= 0.3 is 177 Å². The fourth-order valence-electron chi connectivity index (χ4n) is 5.15. The Labute approximate surface area is 235 Å². The van der Waals surface area contributed by atoms with Gasteiger partial charge in [0.05, 0.1) is 0 Å². The summed E-state index contributed by atoms with van der Waals surface area (Å²) >= 11 is 7.10. The molecule has 0 bridgehead atoms. The Morgan fingerprint density at radius 2 is 1.69 bits per heavy atom. The van der Waals surface area contributed by atoms with Crippen molar-refractivity contribution in [3.05, 3.63) is 87.4 Å². The van der Waals surface area contributed by atoms with Gasteiger partial charge in [0.1, 0.15) is 0 Å². The Morgan fingerprint density at radius 3 is 2.39 bits per heavy atom. The first kappa shape index (κ1) is 24.4. The Balaban J connectivity index is 1.18. The summed E-state index contributed by atoms with van der Waals surface area (Å²) < 4.78 is 13.5. The monoisotopic (exact) mass is 509 g/mol. The second-order valence-corrected chi connectivity index (χ2v) is 12.3. The van der Waals surface area contributed by atoms with Crippen LogP contribution in [-0.2, 0) is 6.42 Å². The number of ether oxygens (including phenoxy) is 2. The van der Waals surface area contributed by atoms with Crippen LogP contribution in [0.4, 0.5) is 0 Å². The molecule has 36 heavy (non-hydrogen) atoms. The predicted molar refractivity (Wildman–Crippen MR) is 143 cm³/mol. The molecule has 2 saturated carbocycles. The molecule has 3 aromatic rings. The van der Waals surface area contributed by atoms with Crippen molar-refractivity contribution in [2.45, 2.75) is 53.5 Å². The Morgan fingerprint density at radius 1 is 0.972 bits per heavy atom. The summed E-state index contributed by atoms with van der Waals surface area (Å²) in [7, 11) is 0. The van der Waals surface area contributed by atoms with Gasteiger partial charge in [0, 0.05) is 11.6 Å². The second kappa shape index (κ2) is 10.4. The van der Waals surface area contributed by atoms with E-state index >= 15 is 0 Å². The third-order valence-corrected chi connectivity index (χ3v) is 9.06. The number of rotatable bonds is 8. The average molecular weight is 510 g/mol. The summed E-state index contributed by atoms with van der Waals surface area (Å²) in [5.74, 6) is 3.98. The van der Waals surface area contributed by atoms with E-state index in [0.717, 1.165) is 75.2 Å². The number of carbonyl (C=O) groups is 1. The quantitative estimate of drug-likeness (QED) is 0.338. The SMILES string of the molecule is O=C(NCCc1ccc(Cl)cc1)c1ccc(Oc2c(C3CC3)cc3c(c2C2CC2)OCC[CH]3[Na])cc1. The molecule has 0 saturated heterocycles. The molecule has 3 aromatic carbocycles. The van der Waals surface area contributed by atoms with Gasteiger partial charge in [0.25, 0.3) is 0 Å². The molecule has 2 fully saturated rings. The summed E-state index contributed by atoms with van der Waals surface area (Å²) in [6, 6.07) is 17.6. The van der Waals surface area contributed by atoms with Gasteiger partial charge in [0.2, 0.25) is 0 Å². The summed E-state index contributed by atoms with van der Waals surface area (Å²) in [6.45, 7) is 1.38. The number of nitrogens with one attached hydrogen (secondary N) is 1. The van der Waals surface area contributed by atoms with Crippen molar-refractivity contribution < 1.29 is 14.3 Å². The zero-order valence-electron chi connectivity index (χ0n) is 20.7. The van der Waals surface area contributed by atoms with Crippen LogP contribution in [0.1, 0.15) is 79.7 Å². The normalized spacial score (nSPS) is 18.8. The maximum atomic E-state index is 12.7. The van der Waals surface area contributed by atoms with E-state index in [1.54, 1.807) is 0 Å². The van der Waals surface area contributed by atoms with Crippen LogP contribution in [-0.4, -0.2) is 47.0 Å². The number of carbonyl (C=O) groups excluding carboxylic acids is 1. The molecule has 0 spiro atoms. The van der Waals surface area contributed by atoms with Crippen LogP contribution in [0.5, 0.6) is 17.2 Å². The number of hydrogen-bond donors (Lipinski definition) is 1. The molecule has 6 rings (SSSR count). The van der Waals surface area contributed by atoms with Gasteiger partial charge in [-0.25, -0.2) is 0 Å². The van der Waals surface area contributed by atoms with Crippen LogP contribution in [0, 0.1) is 0 Å². The molecule has 1 amide bonds. The minimum absolute atomic E-state index is 0.0758. The van der Waals surface area contributed by atoms with Crippen LogP contribution >= 0.6 is 11.6 Å². The van der Waals surface area contributed by atoms with Gasteiger partial charge in [-0.15, -0.1) is 0 Å².